The number of methoxy groups -OCH3 is 2. The highest BCUT2D eigenvalue weighted by Crippen LogP contribution is 2.28. The van der Waals surface area contributed by atoms with Gasteiger partial charge in [-0.2, -0.15) is 0 Å². The number of ether oxygens (including phenoxy) is 2. The fourth-order valence-electron chi connectivity index (χ4n) is 4.48. The Morgan fingerprint density at radius 3 is 2.45 bits per heavy atom. The number of nitrogens with one attached hydrogen (secondary N) is 2. The minimum atomic E-state index is -1.19. The summed E-state index contributed by atoms with van der Waals surface area (Å²) in [7, 11) is 2.76. The summed E-state index contributed by atoms with van der Waals surface area (Å²) in [6.07, 6.45) is 0.615. The number of rotatable bonds is 8. The van der Waals surface area contributed by atoms with E-state index in [2.05, 4.69) is 24.8 Å². The van der Waals surface area contributed by atoms with E-state index in [9.17, 15) is 23.2 Å². The smallest absolute Gasteiger partial charge is 0.356 e. The summed E-state index contributed by atoms with van der Waals surface area (Å²) in [5, 5.41) is 2.67. The summed E-state index contributed by atoms with van der Waals surface area (Å²) in [6, 6.07) is 9.90. The number of esters is 1. The first kappa shape index (κ1) is 26.9. The number of hydrogen-bond donors (Lipinski definition) is 2. The second-order valence-electron chi connectivity index (χ2n) is 8.70. The fourth-order valence-corrected chi connectivity index (χ4v) is 4.48. The van der Waals surface area contributed by atoms with Crippen molar-refractivity contribution in [3.8, 4) is 17.0 Å². The predicted molar refractivity (Wildman–Crippen MR) is 137 cm³/mol. The molecule has 12 heteroatoms. The van der Waals surface area contributed by atoms with E-state index in [4.69, 9.17) is 4.74 Å². The summed E-state index contributed by atoms with van der Waals surface area (Å²) in [5.74, 6) is -2.39. The molecule has 202 valence electrons. The molecular weight excluding hydrogens is 500 g/mol. The van der Waals surface area contributed by atoms with Crippen LogP contribution in [0.25, 0.3) is 11.3 Å². The van der Waals surface area contributed by atoms with Crippen LogP contribution < -0.4 is 20.6 Å². The van der Waals surface area contributed by atoms with Crippen LogP contribution in [-0.4, -0.2) is 79.9 Å². The number of amides is 1. The van der Waals surface area contributed by atoms with E-state index < -0.39 is 29.3 Å². The highest BCUT2D eigenvalue weighted by Gasteiger charge is 2.26. The summed E-state index contributed by atoms with van der Waals surface area (Å²) in [4.78, 5) is 44.5. The molecule has 0 saturated carbocycles. The first-order valence-electron chi connectivity index (χ1n) is 12.1. The van der Waals surface area contributed by atoms with Gasteiger partial charge < -0.3 is 19.7 Å². The van der Waals surface area contributed by atoms with Crippen molar-refractivity contribution in [3.63, 3.8) is 0 Å². The molecular formula is C26H29F2N5O5. The van der Waals surface area contributed by atoms with E-state index in [1.54, 1.807) is 7.11 Å². The van der Waals surface area contributed by atoms with E-state index in [1.165, 1.54) is 6.07 Å². The van der Waals surface area contributed by atoms with Crippen molar-refractivity contribution in [2.45, 2.75) is 6.42 Å². The molecule has 1 aromatic heterocycles. The molecule has 0 atom stereocenters. The minimum absolute atomic E-state index is 0.0364. The third-order valence-electron chi connectivity index (χ3n) is 6.41. The van der Waals surface area contributed by atoms with Crippen molar-refractivity contribution in [1.29, 1.82) is 0 Å². The molecule has 38 heavy (non-hydrogen) atoms. The summed E-state index contributed by atoms with van der Waals surface area (Å²) < 4.78 is 38.2. The molecule has 0 radical (unpaired) electrons. The second kappa shape index (κ2) is 11.9. The van der Waals surface area contributed by atoms with Crippen molar-refractivity contribution >= 4 is 17.7 Å². The lowest BCUT2D eigenvalue weighted by Gasteiger charge is -2.36. The first-order valence-corrected chi connectivity index (χ1v) is 12.1. The number of carbonyl (C=O) groups is 2. The zero-order valence-electron chi connectivity index (χ0n) is 21.1. The van der Waals surface area contributed by atoms with Crippen molar-refractivity contribution in [1.82, 2.24) is 19.8 Å². The molecule has 4 rings (SSSR count). The molecule has 2 N–H and O–H groups in total. The van der Waals surface area contributed by atoms with Gasteiger partial charge in [0.15, 0.2) is 17.3 Å². The number of carbonyl (C=O) groups excluding carboxylic acids is 2. The van der Waals surface area contributed by atoms with Crippen LogP contribution in [0.4, 0.5) is 19.3 Å². The van der Waals surface area contributed by atoms with Crippen LogP contribution in [0.15, 0.2) is 47.3 Å². The lowest BCUT2D eigenvalue weighted by molar-refractivity contribution is 0.0595. The van der Waals surface area contributed by atoms with Crippen LogP contribution in [-0.2, 0) is 4.74 Å². The van der Waals surface area contributed by atoms with E-state index >= 15 is 0 Å². The van der Waals surface area contributed by atoms with Gasteiger partial charge in [0.25, 0.3) is 0 Å². The number of aromatic nitrogens is 2. The van der Waals surface area contributed by atoms with Gasteiger partial charge in [0, 0.05) is 38.3 Å². The van der Waals surface area contributed by atoms with Gasteiger partial charge in [-0.25, -0.2) is 27.7 Å². The van der Waals surface area contributed by atoms with Crippen LogP contribution in [0.2, 0.25) is 0 Å². The lowest BCUT2D eigenvalue weighted by Crippen LogP contribution is -2.47. The van der Waals surface area contributed by atoms with E-state index in [1.807, 2.05) is 24.3 Å². The average molecular weight is 530 g/mol. The van der Waals surface area contributed by atoms with Crippen LogP contribution in [0.3, 0.4) is 0 Å². The quantitative estimate of drug-likeness (QED) is 0.341. The van der Waals surface area contributed by atoms with Crippen LogP contribution >= 0.6 is 0 Å². The Labute approximate surface area is 217 Å². The normalized spacial score (nSPS) is 13.8. The third kappa shape index (κ3) is 5.70. The second-order valence-corrected chi connectivity index (χ2v) is 8.70. The molecule has 2 aromatic carbocycles. The average Bonchev–Trinajstić information content (AvgIpc) is 3.29. The molecule has 1 aliphatic heterocycles. The summed E-state index contributed by atoms with van der Waals surface area (Å²) in [6.45, 7) is 4.33. The Bertz CT molecular complexity index is 1360. The van der Waals surface area contributed by atoms with Crippen molar-refractivity contribution in [2.24, 2.45) is 0 Å². The van der Waals surface area contributed by atoms with Crippen molar-refractivity contribution in [2.75, 3.05) is 58.4 Å². The number of nitrogens with zero attached hydrogens (tertiary/aromatic N) is 3. The molecule has 1 fully saturated rings. The molecule has 2 heterocycles. The predicted octanol–water partition coefficient (Wildman–Crippen LogP) is 2.69. The van der Waals surface area contributed by atoms with Crippen LogP contribution in [0.5, 0.6) is 5.75 Å². The Balaban J connectivity index is 1.37. The topological polar surface area (TPSA) is 109 Å². The SMILES string of the molecule is COC(=O)c1[nH]c(=O)n(C(=O)NCCCN2CCN(c3ccccc3OC)CC2)c1-c1ccc(F)c(F)c1. The largest absolute Gasteiger partial charge is 0.495 e. The summed E-state index contributed by atoms with van der Waals surface area (Å²) >= 11 is 0. The number of anilines is 1. The number of aromatic amines is 1. The number of halogens is 2. The Morgan fingerprint density at radius 1 is 1.03 bits per heavy atom. The van der Waals surface area contributed by atoms with E-state index in [0.29, 0.717) is 11.0 Å². The molecule has 0 aliphatic carbocycles. The zero-order valence-corrected chi connectivity index (χ0v) is 21.1. The molecule has 10 nitrogen and oxygen atoms in total. The van der Waals surface area contributed by atoms with Gasteiger partial charge in [-0.3, -0.25) is 9.88 Å². The van der Waals surface area contributed by atoms with Gasteiger partial charge in [0.2, 0.25) is 0 Å². The molecule has 1 amide bonds. The Hall–Kier alpha value is -4.19. The highest BCUT2D eigenvalue weighted by atomic mass is 19.2. The number of hydrogen-bond acceptors (Lipinski definition) is 7. The molecule has 0 unspecified atom stereocenters. The summed E-state index contributed by atoms with van der Waals surface area (Å²) in [5.41, 5.74) is -0.444. The third-order valence-corrected chi connectivity index (χ3v) is 6.41. The molecule has 1 saturated heterocycles. The molecule has 0 bridgehead atoms. The maximum absolute atomic E-state index is 13.9. The van der Waals surface area contributed by atoms with E-state index in [-0.39, 0.29) is 23.5 Å². The molecule has 1 aliphatic rings. The van der Waals surface area contributed by atoms with Crippen LogP contribution in [0.1, 0.15) is 16.9 Å². The standard InChI is InChI=1S/C26H29F2N5O5/c1-37-21-7-4-3-6-20(21)32-14-12-31(13-15-32)11-5-10-29-25(35)33-23(17-8-9-18(27)19(28)16-17)22(24(34)38-2)30-26(33)36/h3-4,6-9,16H,5,10-15H2,1-2H3,(H,29,35)(H,30,36). The monoisotopic (exact) mass is 529 g/mol. The van der Waals surface area contributed by atoms with Gasteiger partial charge in [0.05, 0.1) is 25.6 Å². The number of para-hydroxylation sites is 2. The van der Waals surface area contributed by atoms with Crippen molar-refractivity contribution < 1.29 is 27.8 Å². The fraction of sp³-hybridized carbons (Fsp3) is 0.346. The zero-order chi connectivity index (χ0) is 27.2. The van der Waals surface area contributed by atoms with Gasteiger partial charge in [-0.1, -0.05) is 12.1 Å². The number of H-pyrrole nitrogens is 1. The van der Waals surface area contributed by atoms with Crippen LogP contribution in [0, 0.1) is 11.6 Å². The molecule has 3 aromatic rings. The number of imidazole rings is 1. The maximum atomic E-state index is 13.9. The van der Waals surface area contributed by atoms with Crippen molar-refractivity contribution in [3.05, 3.63) is 70.3 Å². The van der Waals surface area contributed by atoms with Gasteiger partial charge in [0.1, 0.15) is 5.75 Å². The lowest BCUT2D eigenvalue weighted by atomic mass is 10.1. The van der Waals surface area contributed by atoms with Gasteiger partial charge >= 0.3 is 17.7 Å². The van der Waals surface area contributed by atoms with E-state index in [0.717, 1.165) is 63.4 Å². The number of benzene rings is 2. The Kier molecular flexibility index (Phi) is 8.41. The Morgan fingerprint density at radius 2 is 1.76 bits per heavy atom. The minimum Gasteiger partial charge on any atom is -0.495 e. The molecule has 0 spiro atoms. The first-order chi connectivity index (χ1) is 18.3. The highest BCUT2D eigenvalue weighted by molar-refractivity contribution is 5.97. The van der Waals surface area contributed by atoms with Gasteiger partial charge in [-0.05, 0) is 43.3 Å². The van der Waals surface area contributed by atoms with Gasteiger partial charge in [-0.15, -0.1) is 0 Å². The number of piperazine rings is 1. The maximum Gasteiger partial charge on any atom is 0.356 e.